The fourth-order valence-electron chi connectivity index (χ4n) is 3.70. The van der Waals surface area contributed by atoms with Crippen LogP contribution in [-0.4, -0.2) is 10.8 Å². The Balaban J connectivity index is 1.80. The van der Waals surface area contributed by atoms with Gasteiger partial charge >= 0.3 is 0 Å². The SMILES string of the molecule is ClCC(Cl)(C1C=Cc2ccccc21)C1C=Cc2ccccc21. The molecule has 0 saturated carbocycles. The Hall–Kier alpha value is -1.50. The number of halogens is 2. The number of alkyl halides is 2. The van der Waals surface area contributed by atoms with Crippen molar-refractivity contribution in [1.82, 2.24) is 0 Å². The van der Waals surface area contributed by atoms with E-state index in [2.05, 4.69) is 72.8 Å². The summed E-state index contributed by atoms with van der Waals surface area (Å²) in [7, 11) is 0. The van der Waals surface area contributed by atoms with Crippen LogP contribution in [0.2, 0.25) is 0 Å². The monoisotopic (exact) mass is 326 g/mol. The minimum atomic E-state index is -0.548. The van der Waals surface area contributed by atoms with Crippen LogP contribution in [0.1, 0.15) is 34.1 Å². The second-order valence-electron chi connectivity index (χ2n) is 5.99. The smallest absolute Gasteiger partial charge is 0.0787 e. The van der Waals surface area contributed by atoms with Crippen molar-refractivity contribution in [3.63, 3.8) is 0 Å². The summed E-state index contributed by atoms with van der Waals surface area (Å²) in [5, 5.41) is 0. The molecule has 0 bridgehead atoms. The Kier molecular flexibility index (Phi) is 3.40. The van der Waals surface area contributed by atoms with E-state index in [4.69, 9.17) is 23.2 Å². The van der Waals surface area contributed by atoms with Crippen molar-refractivity contribution in [3.05, 3.63) is 82.9 Å². The molecule has 2 aliphatic carbocycles. The predicted molar refractivity (Wildman–Crippen MR) is 95.7 cm³/mol. The molecule has 0 nitrogen and oxygen atoms in total. The third-order valence-corrected chi connectivity index (χ3v) is 6.02. The Morgan fingerprint density at radius 3 is 1.68 bits per heavy atom. The molecule has 2 atom stereocenters. The molecular formula is C20H16Cl2. The van der Waals surface area contributed by atoms with E-state index in [-0.39, 0.29) is 11.8 Å². The minimum absolute atomic E-state index is 0.128. The first-order chi connectivity index (χ1) is 10.7. The zero-order valence-corrected chi connectivity index (χ0v) is 13.6. The quantitative estimate of drug-likeness (QED) is 0.623. The zero-order chi connectivity index (χ0) is 15.2. The van der Waals surface area contributed by atoms with E-state index in [0.717, 1.165) is 0 Å². The van der Waals surface area contributed by atoms with Crippen molar-refractivity contribution in [2.24, 2.45) is 0 Å². The van der Waals surface area contributed by atoms with Crippen molar-refractivity contribution in [2.75, 3.05) is 5.88 Å². The fourth-order valence-corrected chi connectivity index (χ4v) is 4.41. The van der Waals surface area contributed by atoms with Gasteiger partial charge in [0, 0.05) is 17.7 Å². The standard InChI is InChI=1S/C20H16Cl2/c21-13-20(22,18-11-9-14-5-1-3-7-16(14)18)19-12-10-15-6-2-4-8-17(15)19/h1-12,18-19H,13H2. The number of hydrogen-bond acceptors (Lipinski definition) is 0. The summed E-state index contributed by atoms with van der Waals surface area (Å²) in [6, 6.07) is 16.9. The highest BCUT2D eigenvalue weighted by atomic mass is 35.5. The topological polar surface area (TPSA) is 0 Å². The molecule has 0 aliphatic heterocycles. The normalized spacial score (nSPS) is 24.1. The molecule has 0 aromatic heterocycles. The van der Waals surface area contributed by atoms with Gasteiger partial charge in [-0.1, -0.05) is 72.8 Å². The van der Waals surface area contributed by atoms with Crippen LogP contribution in [0, 0.1) is 0 Å². The maximum Gasteiger partial charge on any atom is 0.0787 e. The summed E-state index contributed by atoms with van der Waals surface area (Å²) in [5.41, 5.74) is 5.04. The maximum atomic E-state index is 7.16. The largest absolute Gasteiger partial charge is 0.125 e. The Morgan fingerprint density at radius 1 is 0.773 bits per heavy atom. The third-order valence-electron chi connectivity index (χ3n) is 4.84. The zero-order valence-electron chi connectivity index (χ0n) is 12.0. The lowest BCUT2D eigenvalue weighted by Crippen LogP contribution is -2.36. The van der Waals surface area contributed by atoms with Crippen LogP contribution in [0.3, 0.4) is 0 Å². The Bertz CT molecular complexity index is 711. The molecule has 2 aromatic rings. The van der Waals surface area contributed by atoms with Gasteiger partial charge in [0.2, 0.25) is 0 Å². The van der Waals surface area contributed by atoms with Gasteiger partial charge in [-0.05, 0) is 22.3 Å². The lowest BCUT2D eigenvalue weighted by molar-refractivity contribution is 0.529. The second-order valence-corrected chi connectivity index (χ2v) is 6.96. The van der Waals surface area contributed by atoms with E-state index < -0.39 is 4.87 Å². The van der Waals surface area contributed by atoms with Crippen molar-refractivity contribution < 1.29 is 0 Å². The van der Waals surface area contributed by atoms with Crippen LogP contribution in [0.25, 0.3) is 12.2 Å². The summed E-state index contributed by atoms with van der Waals surface area (Å²) in [5.74, 6) is 0.661. The molecule has 0 amide bonds. The molecule has 110 valence electrons. The highest BCUT2D eigenvalue weighted by molar-refractivity contribution is 6.32. The fraction of sp³-hybridized carbons (Fsp3) is 0.200. The van der Waals surface area contributed by atoms with Gasteiger partial charge < -0.3 is 0 Å². The first-order valence-corrected chi connectivity index (χ1v) is 8.44. The molecule has 0 heterocycles. The van der Waals surface area contributed by atoms with E-state index in [1.165, 1.54) is 22.3 Å². The molecule has 0 radical (unpaired) electrons. The molecule has 0 spiro atoms. The highest BCUT2D eigenvalue weighted by Crippen LogP contribution is 2.52. The van der Waals surface area contributed by atoms with Gasteiger partial charge in [-0.2, -0.15) is 0 Å². The van der Waals surface area contributed by atoms with Crippen LogP contribution in [-0.2, 0) is 0 Å². The molecule has 4 rings (SSSR count). The highest BCUT2D eigenvalue weighted by Gasteiger charge is 2.46. The minimum Gasteiger partial charge on any atom is -0.125 e. The van der Waals surface area contributed by atoms with E-state index in [1.54, 1.807) is 0 Å². The van der Waals surface area contributed by atoms with Crippen molar-refractivity contribution in [2.45, 2.75) is 16.7 Å². The number of allylic oxidation sites excluding steroid dienone is 2. The van der Waals surface area contributed by atoms with E-state index in [0.29, 0.717) is 5.88 Å². The molecular weight excluding hydrogens is 311 g/mol. The lowest BCUT2D eigenvalue weighted by Gasteiger charge is -2.36. The molecule has 0 fully saturated rings. The van der Waals surface area contributed by atoms with Gasteiger partial charge in [-0.25, -0.2) is 0 Å². The van der Waals surface area contributed by atoms with Gasteiger partial charge in [-0.3, -0.25) is 0 Å². The summed E-state index contributed by atoms with van der Waals surface area (Å²) < 4.78 is 0. The van der Waals surface area contributed by atoms with E-state index in [1.807, 2.05) is 0 Å². The first-order valence-electron chi connectivity index (χ1n) is 7.53. The average Bonchev–Trinajstić information content (AvgIpc) is 3.19. The molecule has 2 heteroatoms. The van der Waals surface area contributed by atoms with Crippen LogP contribution < -0.4 is 0 Å². The van der Waals surface area contributed by atoms with Gasteiger partial charge in [0.25, 0.3) is 0 Å². The second kappa shape index (κ2) is 5.30. The van der Waals surface area contributed by atoms with Gasteiger partial charge in [0.05, 0.1) is 4.87 Å². The van der Waals surface area contributed by atoms with Crippen LogP contribution in [0.5, 0.6) is 0 Å². The Labute approximate surface area is 141 Å². The molecule has 2 unspecified atom stereocenters. The summed E-state index contributed by atoms with van der Waals surface area (Å²) >= 11 is 13.6. The number of hydrogen-bond donors (Lipinski definition) is 0. The van der Waals surface area contributed by atoms with Crippen molar-refractivity contribution in [1.29, 1.82) is 0 Å². The Morgan fingerprint density at radius 2 is 1.23 bits per heavy atom. The third kappa shape index (κ3) is 1.98. The van der Waals surface area contributed by atoms with Crippen LogP contribution >= 0.6 is 23.2 Å². The first kappa shape index (κ1) is 14.1. The van der Waals surface area contributed by atoms with Gasteiger partial charge in [0.15, 0.2) is 0 Å². The number of benzene rings is 2. The molecule has 2 aliphatic rings. The molecule has 0 N–H and O–H groups in total. The van der Waals surface area contributed by atoms with Gasteiger partial charge in [-0.15, -0.1) is 23.2 Å². The number of rotatable bonds is 3. The summed E-state index contributed by atoms with van der Waals surface area (Å²) in [6.07, 6.45) is 8.73. The van der Waals surface area contributed by atoms with Crippen LogP contribution in [0.4, 0.5) is 0 Å². The van der Waals surface area contributed by atoms with E-state index in [9.17, 15) is 0 Å². The van der Waals surface area contributed by atoms with Crippen LogP contribution in [0.15, 0.2) is 60.7 Å². The number of fused-ring (bicyclic) bond motifs is 2. The molecule has 22 heavy (non-hydrogen) atoms. The lowest BCUT2D eigenvalue weighted by atomic mass is 9.77. The predicted octanol–water partition coefficient (Wildman–Crippen LogP) is 5.82. The van der Waals surface area contributed by atoms with Crippen molar-refractivity contribution in [3.8, 4) is 0 Å². The molecule has 2 aromatic carbocycles. The van der Waals surface area contributed by atoms with Gasteiger partial charge in [0.1, 0.15) is 0 Å². The summed E-state index contributed by atoms with van der Waals surface area (Å²) in [4.78, 5) is -0.548. The average molecular weight is 327 g/mol. The molecule has 0 saturated heterocycles. The maximum absolute atomic E-state index is 7.16. The van der Waals surface area contributed by atoms with Crippen molar-refractivity contribution >= 4 is 35.4 Å². The summed E-state index contributed by atoms with van der Waals surface area (Å²) in [6.45, 7) is 0. The van der Waals surface area contributed by atoms with E-state index >= 15 is 0 Å².